The van der Waals surface area contributed by atoms with Gasteiger partial charge in [0, 0.05) is 0 Å². The monoisotopic (exact) mass is 188 g/mol. The fraction of sp³-hybridized carbons (Fsp3) is 0.900. The Kier molecular flexibility index (Phi) is 4.40. The van der Waals surface area contributed by atoms with Crippen LogP contribution in [-0.4, -0.2) is 22.8 Å². The Bertz CT molecular complexity index is 169. The molecule has 0 saturated carbocycles. The van der Waals surface area contributed by atoms with Crippen molar-refractivity contribution in [2.24, 2.45) is 5.92 Å². The molecule has 3 heteroatoms. The second kappa shape index (κ2) is 4.61. The van der Waals surface area contributed by atoms with Crippen LogP contribution < -0.4 is 0 Å². The first-order valence-corrected chi connectivity index (χ1v) is 4.69. The number of esters is 1. The van der Waals surface area contributed by atoms with Gasteiger partial charge in [-0.3, -0.25) is 4.79 Å². The molecule has 0 radical (unpaired) electrons. The first-order chi connectivity index (χ1) is 5.78. The van der Waals surface area contributed by atoms with Gasteiger partial charge in [-0.25, -0.2) is 0 Å². The summed E-state index contributed by atoms with van der Waals surface area (Å²) < 4.78 is 5.12. The minimum absolute atomic E-state index is 0.332. The molecule has 1 N–H and O–H groups in total. The second-order valence-electron chi connectivity index (χ2n) is 4.30. The van der Waals surface area contributed by atoms with Crippen molar-refractivity contribution in [3.05, 3.63) is 0 Å². The van der Waals surface area contributed by atoms with Crippen LogP contribution in [0.3, 0.4) is 0 Å². The van der Waals surface area contributed by atoms with E-state index in [0.717, 1.165) is 0 Å². The van der Waals surface area contributed by atoms with Gasteiger partial charge in [-0.1, -0.05) is 6.92 Å². The van der Waals surface area contributed by atoms with Crippen molar-refractivity contribution in [3.8, 4) is 0 Å². The van der Waals surface area contributed by atoms with E-state index in [1.165, 1.54) is 0 Å². The van der Waals surface area contributed by atoms with E-state index in [0.29, 0.717) is 6.42 Å². The summed E-state index contributed by atoms with van der Waals surface area (Å²) in [6, 6.07) is 0. The second-order valence-corrected chi connectivity index (χ2v) is 4.30. The van der Waals surface area contributed by atoms with E-state index in [4.69, 9.17) is 4.74 Å². The number of aliphatic hydroxyl groups excluding tert-OH is 1. The third-order valence-electron chi connectivity index (χ3n) is 1.77. The van der Waals surface area contributed by atoms with Crippen molar-refractivity contribution in [2.45, 2.75) is 52.7 Å². The van der Waals surface area contributed by atoms with Crippen LogP contribution in [0.15, 0.2) is 0 Å². The molecule has 0 heterocycles. The lowest BCUT2D eigenvalue weighted by Crippen LogP contribution is -2.33. The van der Waals surface area contributed by atoms with Gasteiger partial charge < -0.3 is 9.84 Å². The maximum absolute atomic E-state index is 11.4. The van der Waals surface area contributed by atoms with Crippen LogP contribution in [0.4, 0.5) is 0 Å². The Balaban J connectivity index is 4.12. The molecule has 0 aliphatic carbocycles. The molecule has 0 aliphatic rings. The topological polar surface area (TPSA) is 46.5 Å². The van der Waals surface area contributed by atoms with Gasteiger partial charge in [-0.15, -0.1) is 0 Å². The summed E-state index contributed by atoms with van der Waals surface area (Å²) in [4.78, 5) is 11.4. The fourth-order valence-corrected chi connectivity index (χ4v) is 0.905. The van der Waals surface area contributed by atoms with Gasteiger partial charge in [0.15, 0.2) is 0 Å². The highest BCUT2D eigenvalue weighted by Gasteiger charge is 2.25. The number of aliphatic hydroxyl groups is 1. The zero-order valence-corrected chi connectivity index (χ0v) is 9.13. The number of rotatable bonds is 3. The van der Waals surface area contributed by atoms with Crippen LogP contribution >= 0.6 is 0 Å². The molecule has 13 heavy (non-hydrogen) atoms. The van der Waals surface area contributed by atoms with E-state index in [1.807, 2.05) is 27.7 Å². The summed E-state index contributed by atoms with van der Waals surface area (Å²) in [6.45, 7) is 8.97. The largest absolute Gasteiger partial charge is 0.460 e. The van der Waals surface area contributed by atoms with Gasteiger partial charge in [-0.2, -0.15) is 0 Å². The van der Waals surface area contributed by atoms with Crippen LogP contribution in [0.5, 0.6) is 0 Å². The molecule has 2 unspecified atom stereocenters. The zero-order chi connectivity index (χ0) is 10.6. The average molecular weight is 188 g/mol. The summed E-state index contributed by atoms with van der Waals surface area (Å²) in [5.74, 6) is -0.772. The van der Waals surface area contributed by atoms with Gasteiger partial charge in [0.2, 0.25) is 0 Å². The summed E-state index contributed by atoms with van der Waals surface area (Å²) >= 11 is 0. The molecule has 0 amide bonds. The molecular formula is C10H20O3. The summed E-state index contributed by atoms with van der Waals surface area (Å²) in [6.07, 6.45) is -0.0321. The molecule has 0 aromatic rings. The van der Waals surface area contributed by atoms with Crippen LogP contribution in [0.2, 0.25) is 0 Å². The first-order valence-electron chi connectivity index (χ1n) is 4.69. The molecule has 0 rings (SSSR count). The number of hydrogen-bond acceptors (Lipinski definition) is 3. The number of carbonyl (C=O) groups is 1. The quantitative estimate of drug-likeness (QED) is 0.686. The Morgan fingerprint density at radius 1 is 1.46 bits per heavy atom. The van der Waals surface area contributed by atoms with Crippen LogP contribution in [0.25, 0.3) is 0 Å². The van der Waals surface area contributed by atoms with Gasteiger partial charge in [0.25, 0.3) is 0 Å². The summed E-state index contributed by atoms with van der Waals surface area (Å²) in [7, 11) is 0. The maximum atomic E-state index is 11.4. The van der Waals surface area contributed by atoms with Crippen molar-refractivity contribution in [1.82, 2.24) is 0 Å². The Morgan fingerprint density at radius 2 is 1.92 bits per heavy atom. The van der Waals surface area contributed by atoms with Crippen LogP contribution in [-0.2, 0) is 9.53 Å². The highest BCUT2D eigenvalue weighted by atomic mass is 16.6. The lowest BCUT2D eigenvalue weighted by molar-refractivity contribution is -0.163. The third kappa shape index (κ3) is 4.88. The SMILES string of the molecule is CCC(O)C(C)C(=O)OC(C)(C)C. The lowest BCUT2D eigenvalue weighted by atomic mass is 10.0. The smallest absolute Gasteiger partial charge is 0.311 e. The van der Waals surface area contributed by atoms with E-state index in [-0.39, 0.29) is 5.97 Å². The van der Waals surface area contributed by atoms with Crippen molar-refractivity contribution < 1.29 is 14.6 Å². The highest BCUT2D eigenvalue weighted by Crippen LogP contribution is 2.14. The molecule has 0 aliphatic heterocycles. The minimum atomic E-state index is -0.602. The van der Waals surface area contributed by atoms with E-state index < -0.39 is 17.6 Å². The Hall–Kier alpha value is -0.570. The van der Waals surface area contributed by atoms with Crippen LogP contribution in [0.1, 0.15) is 41.0 Å². The van der Waals surface area contributed by atoms with E-state index in [9.17, 15) is 9.90 Å². The van der Waals surface area contributed by atoms with Crippen molar-refractivity contribution in [3.63, 3.8) is 0 Å². The average Bonchev–Trinajstić information content (AvgIpc) is 1.98. The third-order valence-corrected chi connectivity index (χ3v) is 1.77. The molecule has 78 valence electrons. The van der Waals surface area contributed by atoms with E-state index in [2.05, 4.69) is 0 Å². The molecule has 0 saturated heterocycles. The summed E-state index contributed by atoms with van der Waals surface area (Å²) in [5.41, 5.74) is -0.473. The molecule has 0 spiro atoms. The van der Waals surface area contributed by atoms with Gasteiger partial charge in [0.1, 0.15) is 5.60 Å². The predicted octanol–water partition coefficient (Wildman–Crippen LogP) is 1.74. The predicted molar refractivity (Wildman–Crippen MR) is 51.3 cm³/mol. The number of hydrogen-bond donors (Lipinski definition) is 1. The maximum Gasteiger partial charge on any atom is 0.311 e. The highest BCUT2D eigenvalue weighted by molar-refractivity contribution is 5.73. The van der Waals surface area contributed by atoms with Crippen LogP contribution in [0, 0.1) is 5.92 Å². The molecule has 0 aromatic heterocycles. The van der Waals surface area contributed by atoms with Crippen molar-refractivity contribution >= 4 is 5.97 Å². The van der Waals surface area contributed by atoms with E-state index in [1.54, 1.807) is 6.92 Å². The molecule has 3 nitrogen and oxygen atoms in total. The number of ether oxygens (including phenoxy) is 1. The number of carbonyl (C=O) groups excluding carboxylic acids is 1. The van der Waals surface area contributed by atoms with Gasteiger partial charge in [-0.05, 0) is 34.1 Å². The zero-order valence-electron chi connectivity index (χ0n) is 9.13. The summed E-state index contributed by atoms with van der Waals surface area (Å²) in [5, 5.41) is 9.39. The molecule has 0 fully saturated rings. The normalized spacial score (nSPS) is 16.5. The van der Waals surface area contributed by atoms with E-state index >= 15 is 0 Å². The Labute approximate surface area is 80.1 Å². The fourth-order valence-electron chi connectivity index (χ4n) is 0.905. The minimum Gasteiger partial charge on any atom is -0.460 e. The van der Waals surface area contributed by atoms with Crippen molar-refractivity contribution in [2.75, 3.05) is 0 Å². The first kappa shape index (κ1) is 12.4. The Morgan fingerprint density at radius 3 is 2.23 bits per heavy atom. The molecule has 2 atom stereocenters. The lowest BCUT2D eigenvalue weighted by Gasteiger charge is -2.24. The van der Waals surface area contributed by atoms with Gasteiger partial charge in [0.05, 0.1) is 12.0 Å². The molecule has 0 bridgehead atoms. The standard InChI is InChI=1S/C10H20O3/c1-6-8(11)7(2)9(12)13-10(3,4)5/h7-8,11H,6H2,1-5H3. The van der Waals surface area contributed by atoms with Crippen molar-refractivity contribution in [1.29, 1.82) is 0 Å². The molecular weight excluding hydrogens is 168 g/mol. The molecule has 0 aromatic carbocycles. The van der Waals surface area contributed by atoms with Gasteiger partial charge >= 0.3 is 5.97 Å².